The zero-order valence-electron chi connectivity index (χ0n) is 16.0. The van der Waals surface area contributed by atoms with E-state index < -0.39 is 0 Å². The van der Waals surface area contributed by atoms with E-state index in [0.29, 0.717) is 12.3 Å². The molecular weight excluding hydrogens is 350 g/mol. The van der Waals surface area contributed by atoms with Gasteiger partial charge >= 0.3 is 0 Å². The summed E-state index contributed by atoms with van der Waals surface area (Å²) in [7, 11) is 0. The van der Waals surface area contributed by atoms with Crippen molar-refractivity contribution in [3.05, 3.63) is 70.7 Å². The summed E-state index contributed by atoms with van der Waals surface area (Å²) in [4.78, 5) is 15.7. The van der Waals surface area contributed by atoms with Crippen LogP contribution in [0.5, 0.6) is 0 Å². The summed E-state index contributed by atoms with van der Waals surface area (Å²) in [5.41, 5.74) is 3.64. The number of aliphatic hydroxyl groups excluding tert-OH is 1. The third-order valence-corrected chi connectivity index (χ3v) is 6.27. The molecule has 4 nitrogen and oxygen atoms in total. The molecular formula is C24H25NO3. The van der Waals surface area contributed by atoms with Crippen molar-refractivity contribution in [1.29, 1.82) is 0 Å². The molecule has 28 heavy (non-hydrogen) atoms. The van der Waals surface area contributed by atoms with Gasteiger partial charge in [0, 0.05) is 18.0 Å². The van der Waals surface area contributed by atoms with Crippen molar-refractivity contribution < 1.29 is 14.3 Å². The number of piperidine rings is 1. The molecule has 5 rings (SSSR count). The maximum absolute atomic E-state index is 13.4. The van der Waals surface area contributed by atoms with E-state index in [1.165, 1.54) is 16.5 Å². The lowest BCUT2D eigenvalue weighted by Crippen LogP contribution is -2.38. The van der Waals surface area contributed by atoms with Crippen LogP contribution < -0.4 is 0 Å². The molecule has 1 aliphatic carbocycles. The van der Waals surface area contributed by atoms with Crippen molar-refractivity contribution in [2.45, 2.75) is 38.8 Å². The van der Waals surface area contributed by atoms with Crippen molar-refractivity contribution in [3.8, 4) is 0 Å². The monoisotopic (exact) mass is 375 g/mol. The molecule has 0 radical (unpaired) electrons. The van der Waals surface area contributed by atoms with Gasteiger partial charge in [0.05, 0.1) is 6.54 Å². The number of Topliss-reactive ketones (excluding diaryl/α,β-unsaturated/α-hetero) is 1. The number of nitrogens with zero attached hydrogens (tertiary/aromatic N) is 1. The van der Waals surface area contributed by atoms with Crippen molar-refractivity contribution in [2.24, 2.45) is 5.92 Å². The minimum absolute atomic E-state index is 0.0273. The number of hydrogen-bond donors (Lipinski definition) is 1. The fourth-order valence-corrected chi connectivity index (χ4v) is 4.91. The number of furan rings is 1. The third-order valence-electron chi connectivity index (χ3n) is 6.27. The van der Waals surface area contributed by atoms with Gasteiger partial charge in [-0.1, -0.05) is 30.3 Å². The van der Waals surface area contributed by atoms with E-state index in [-0.39, 0.29) is 18.3 Å². The molecule has 2 heterocycles. The first kappa shape index (κ1) is 17.7. The Labute approximate surface area is 164 Å². The summed E-state index contributed by atoms with van der Waals surface area (Å²) in [6.07, 6.45) is 4.13. The van der Waals surface area contributed by atoms with Crippen LogP contribution in [0.2, 0.25) is 0 Å². The highest BCUT2D eigenvalue weighted by Crippen LogP contribution is 2.34. The number of aryl methyl sites for hydroxylation is 2. The Hall–Kier alpha value is -2.43. The molecule has 0 unspecified atom stereocenters. The van der Waals surface area contributed by atoms with E-state index >= 15 is 0 Å². The van der Waals surface area contributed by atoms with Crippen LogP contribution in [-0.2, 0) is 26.0 Å². The van der Waals surface area contributed by atoms with Gasteiger partial charge in [-0.25, -0.2) is 0 Å². The predicted octanol–water partition coefficient (Wildman–Crippen LogP) is 4.12. The molecule has 2 aromatic carbocycles. The normalized spacial score (nSPS) is 19.4. The number of carbonyl (C=O) groups excluding carboxylic acids is 1. The lowest BCUT2D eigenvalue weighted by Gasteiger charge is -2.31. The van der Waals surface area contributed by atoms with E-state index in [9.17, 15) is 9.90 Å². The molecule has 0 bridgehead atoms. The van der Waals surface area contributed by atoms with E-state index in [4.69, 9.17) is 4.42 Å². The molecule has 0 saturated carbocycles. The van der Waals surface area contributed by atoms with Crippen LogP contribution in [0.15, 0.2) is 46.9 Å². The van der Waals surface area contributed by atoms with E-state index in [1.54, 1.807) is 0 Å². The molecule has 1 aliphatic heterocycles. The molecule has 1 N–H and O–H groups in total. The lowest BCUT2D eigenvalue weighted by atomic mass is 9.87. The summed E-state index contributed by atoms with van der Waals surface area (Å²) in [6.45, 7) is 2.35. The Bertz CT molecular complexity index is 1030. The van der Waals surface area contributed by atoms with E-state index in [2.05, 4.69) is 29.2 Å². The minimum Gasteiger partial charge on any atom is -0.462 e. The Morgan fingerprint density at radius 2 is 1.89 bits per heavy atom. The Balaban J connectivity index is 1.37. The van der Waals surface area contributed by atoms with Crippen molar-refractivity contribution in [2.75, 3.05) is 13.1 Å². The summed E-state index contributed by atoms with van der Waals surface area (Å²) >= 11 is 0. The number of aliphatic hydroxyl groups is 1. The topological polar surface area (TPSA) is 53.7 Å². The number of carbonyl (C=O) groups is 1. The fraction of sp³-hybridized carbons (Fsp3) is 0.375. The average Bonchev–Trinajstić information content (AvgIpc) is 3.36. The highest BCUT2D eigenvalue weighted by atomic mass is 16.4. The molecule has 144 valence electrons. The molecule has 3 aromatic rings. The molecule has 4 heteroatoms. The number of ketones is 1. The number of likely N-dealkylation sites (tertiary alicyclic amines) is 1. The Kier molecular flexibility index (Phi) is 4.53. The van der Waals surface area contributed by atoms with Gasteiger partial charge in [0.1, 0.15) is 18.1 Å². The van der Waals surface area contributed by atoms with Crippen LogP contribution in [0, 0.1) is 5.92 Å². The zero-order valence-corrected chi connectivity index (χ0v) is 16.0. The van der Waals surface area contributed by atoms with Gasteiger partial charge in [-0.15, -0.1) is 0 Å². The second-order valence-electron chi connectivity index (χ2n) is 8.08. The van der Waals surface area contributed by atoms with Gasteiger partial charge in [0.25, 0.3) is 0 Å². The number of rotatable bonds is 5. The average molecular weight is 375 g/mol. The minimum atomic E-state index is -0.0772. The van der Waals surface area contributed by atoms with Crippen LogP contribution in [0.25, 0.3) is 10.8 Å². The fourth-order valence-electron chi connectivity index (χ4n) is 4.91. The third kappa shape index (κ3) is 3.07. The summed E-state index contributed by atoms with van der Waals surface area (Å²) in [5.74, 6) is 1.74. The maximum atomic E-state index is 13.4. The molecule has 2 aliphatic rings. The van der Waals surface area contributed by atoms with Gasteiger partial charge in [-0.2, -0.15) is 0 Å². The molecule has 0 amide bonds. The summed E-state index contributed by atoms with van der Waals surface area (Å²) < 4.78 is 5.63. The van der Waals surface area contributed by atoms with Crippen molar-refractivity contribution in [1.82, 2.24) is 4.90 Å². The first-order valence-corrected chi connectivity index (χ1v) is 10.2. The van der Waals surface area contributed by atoms with Gasteiger partial charge in [0.15, 0.2) is 5.78 Å². The molecule has 1 saturated heterocycles. The molecule has 1 fully saturated rings. The first-order chi connectivity index (χ1) is 13.7. The Morgan fingerprint density at radius 1 is 1.07 bits per heavy atom. The molecule has 1 aromatic heterocycles. The van der Waals surface area contributed by atoms with E-state index in [0.717, 1.165) is 55.5 Å². The highest BCUT2D eigenvalue weighted by molar-refractivity contribution is 6.11. The van der Waals surface area contributed by atoms with Gasteiger partial charge in [-0.3, -0.25) is 9.69 Å². The smallest absolute Gasteiger partial charge is 0.167 e. The van der Waals surface area contributed by atoms with Crippen molar-refractivity contribution >= 4 is 16.6 Å². The summed E-state index contributed by atoms with van der Waals surface area (Å²) in [5, 5.41) is 11.6. The second-order valence-corrected chi connectivity index (χ2v) is 8.08. The Morgan fingerprint density at radius 3 is 2.71 bits per heavy atom. The first-order valence-electron chi connectivity index (χ1n) is 10.2. The number of benzene rings is 2. The highest BCUT2D eigenvalue weighted by Gasteiger charge is 2.29. The standard InChI is InChI=1S/C24H25NO3/c26-15-20-10-9-19(28-20)14-25-12-2-4-18(13-25)24(27)22-11-8-17-7-6-16-3-1-5-21(22)23(16)17/h1,3,5,8-11,18,26H,2,4,6-7,12-15H2/t18-/m1/s1. The number of hydrogen-bond acceptors (Lipinski definition) is 4. The molecule has 1 atom stereocenters. The van der Waals surface area contributed by atoms with Crippen molar-refractivity contribution in [3.63, 3.8) is 0 Å². The largest absolute Gasteiger partial charge is 0.462 e. The summed E-state index contributed by atoms with van der Waals surface area (Å²) in [6, 6.07) is 14.3. The quantitative estimate of drug-likeness (QED) is 0.682. The van der Waals surface area contributed by atoms with E-state index in [1.807, 2.05) is 18.2 Å². The SMILES string of the molecule is O=C(c1ccc2c3c(cccc13)CC2)[C@@H]1CCCN(Cc2ccc(CO)o2)C1. The van der Waals surface area contributed by atoms with Crippen LogP contribution >= 0.6 is 0 Å². The second kappa shape index (κ2) is 7.19. The van der Waals surface area contributed by atoms with Crippen LogP contribution in [0.3, 0.4) is 0 Å². The maximum Gasteiger partial charge on any atom is 0.167 e. The van der Waals surface area contributed by atoms with Gasteiger partial charge < -0.3 is 9.52 Å². The van der Waals surface area contributed by atoms with Crippen LogP contribution in [0.1, 0.15) is 45.8 Å². The van der Waals surface area contributed by atoms with Gasteiger partial charge in [-0.05, 0) is 66.3 Å². The van der Waals surface area contributed by atoms with Crippen LogP contribution in [-0.4, -0.2) is 28.9 Å². The molecule has 0 spiro atoms. The van der Waals surface area contributed by atoms with Crippen LogP contribution in [0.4, 0.5) is 0 Å². The lowest BCUT2D eigenvalue weighted by molar-refractivity contribution is 0.0803. The van der Waals surface area contributed by atoms with Gasteiger partial charge in [0.2, 0.25) is 0 Å². The predicted molar refractivity (Wildman–Crippen MR) is 108 cm³/mol. The zero-order chi connectivity index (χ0) is 19.1.